The number of amides is 1. The highest BCUT2D eigenvalue weighted by Gasteiger charge is 2.33. The molecule has 1 atom stereocenters. The van der Waals surface area contributed by atoms with Crippen LogP contribution in [0.25, 0.3) is 0 Å². The molecule has 2 aromatic rings. The molecule has 0 radical (unpaired) electrons. The van der Waals surface area contributed by atoms with Gasteiger partial charge in [-0.05, 0) is 24.0 Å². The zero-order valence-corrected chi connectivity index (χ0v) is 12.7. The van der Waals surface area contributed by atoms with Crippen LogP contribution in [0.1, 0.15) is 36.4 Å². The fourth-order valence-corrected chi connectivity index (χ4v) is 2.71. The lowest BCUT2D eigenvalue weighted by atomic mass is 10.0. The van der Waals surface area contributed by atoms with Gasteiger partial charge in [-0.3, -0.25) is 4.79 Å². The van der Waals surface area contributed by atoms with Crippen molar-refractivity contribution in [1.82, 2.24) is 4.90 Å². The van der Waals surface area contributed by atoms with Gasteiger partial charge in [0.25, 0.3) is 0 Å². The van der Waals surface area contributed by atoms with Crippen LogP contribution in [0.4, 0.5) is 0 Å². The third-order valence-corrected chi connectivity index (χ3v) is 4.13. The van der Waals surface area contributed by atoms with Gasteiger partial charge in [-0.2, -0.15) is 0 Å². The molecule has 1 amide bonds. The topological polar surface area (TPSA) is 46.3 Å². The van der Waals surface area contributed by atoms with Crippen LogP contribution in [0.2, 0.25) is 0 Å². The Labute approximate surface area is 131 Å². The maximum Gasteiger partial charge on any atom is 0.225 e. The van der Waals surface area contributed by atoms with Crippen LogP contribution in [0.5, 0.6) is 0 Å². The van der Waals surface area contributed by atoms with Gasteiger partial charge >= 0.3 is 0 Å². The predicted molar refractivity (Wildman–Crippen MR) is 88.0 cm³/mol. The minimum atomic E-state index is -0.231. The number of hydrogen-bond donors (Lipinski definition) is 1. The van der Waals surface area contributed by atoms with Crippen LogP contribution in [-0.4, -0.2) is 16.8 Å². The Kier molecular flexibility index (Phi) is 4.54. The highest BCUT2D eigenvalue weighted by molar-refractivity contribution is 5.77. The molecule has 0 aliphatic heterocycles. The SMILES string of the molecule is NC(CC(=O)N(Cc1ccccc1)C1CC1)c1ccccc1. The third-order valence-electron chi connectivity index (χ3n) is 4.13. The van der Waals surface area contributed by atoms with Crippen molar-refractivity contribution in [2.45, 2.75) is 37.9 Å². The summed E-state index contributed by atoms with van der Waals surface area (Å²) >= 11 is 0. The monoisotopic (exact) mass is 294 g/mol. The number of benzene rings is 2. The second-order valence-corrected chi connectivity index (χ2v) is 5.96. The van der Waals surface area contributed by atoms with Gasteiger partial charge in [-0.15, -0.1) is 0 Å². The third kappa shape index (κ3) is 3.74. The molecule has 1 fully saturated rings. The van der Waals surface area contributed by atoms with Crippen molar-refractivity contribution in [1.29, 1.82) is 0 Å². The molecular weight excluding hydrogens is 272 g/mol. The van der Waals surface area contributed by atoms with Gasteiger partial charge in [0, 0.05) is 25.0 Å². The van der Waals surface area contributed by atoms with Gasteiger partial charge in [0.15, 0.2) is 0 Å². The molecule has 1 aliphatic carbocycles. The number of nitrogens with two attached hydrogens (primary N) is 1. The molecule has 3 nitrogen and oxygen atoms in total. The molecule has 0 spiro atoms. The molecule has 0 saturated heterocycles. The number of rotatable bonds is 6. The number of carbonyl (C=O) groups is 1. The summed E-state index contributed by atoms with van der Waals surface area (Å²) in [6.07, 6.45) is 2.59. The Morgan fingerprint density at radius 3 is 2.23 bits per heavy atom. The lowest BCUT2D eigenvalue weighted by Crippen LogP contribution is -2.34. The van der Waals surface area contributed by atoms with Gasteiger partial charge < -0.3 is 10.6 Å². The zero-order valence-electron chi connectivity index (χ0n) is 12.7. The van der Waals surface area contributed by atoms with Crippen molar-refractivity contribution in [3.8, 4) is 0 Å². The van der Waals surface area contributed by atoms with E-state index in [0.717, 1.165) is 18.4 Å². The molecule has 3 heteroatoms. The second-order valence-electron chi connectivity index (χ2n) is 5.96. The van der Waals surface area contributed by atoms with Crippen LogP contribution in [0, 0.1) is 0 Å². The summed E-state index contributed by atoms with van der Waals surface area (Å²) in [5.41, 5.74) is 8.40. The van der Waals surface area contributed by atoms with E-state index in [0.29, 0.717) is 19.0 Å². The smallest absolute Gasteiger partial charge is 0.225 e. The highest BCUT2D eigenvalue weighted by atomic mass is 16.2. The van der Waals surface area contributed by atoms with E-state index < -0.39 is 0 Å². The zero-order chi connectivity index (χ0) is 15.4. The average Bonchev–Trinajstić information content (AvgIpc) is 3.39. The van der Waals surface area contributed by atoms with Crippen molar-refractivity contribution in [3.05, 3.63) is 71.8 Å². The Hall–Kier alpha value is -2.13. The first kappa shape index (κ1) is 14.8. The molecule has 1 aliphatic rings. The molecular formula is C19H22N2O. The molecule has 0 heterocycles. The fraction of sp³-hybridized carbons (Fsp3) is 0.316. The molecule has 3 rings (SSSR count). The highest BCUT2D eigenvalue weighted by Crippen LogP contribution is 2.30. The number of nitrogens with zero attached hydrogens (tertiary/aromatic N) is 1. The first-order chi connectivity index (χ1) is 10.7. The molecule has 1 saturated carbocycles. The van der Waals surface area contributed by atoms with Gasteiger partial charge in [-0.25, -0.2) is 0 Å². The van der Waals surface area contributed by atoms with E-state index in [1.54, 1.807) is 0 Å². The Balaban J connectivity index is 1.65. The summed E-state index contributed by atoms with van der Waals surface area (Å²) in [4.78, 5) is 14.7. The summed E-state index contributed by atoms with van der Waals surface area (Å²) in [5, 5.41) is 0. The summed E-state index contributed by atoms with van der Waals surface area (Å²) in [6, 6.07) is 20.2. The minimum absolute atomic E-state index is 0.155. The standard InChI is InChI=1S/C19H22N2O/c20-18(16-9-5-2-6-10-16)13-19(22)21(17-11-12-17)14-15-7-3-1-4-8-15/h1-10,17-18H,11-14,20H2. The summed E-state index contributed by atoms with van der Waals surface area (Å²) in [7, 11) is 0. The predicted octanol–water partition coefficient (Wildman–Crippen LogP) is 3.27. The first-order valence-corrected chi connectivity index (χ1v) is 7.88. The second kappa shape index (κ2) is 6.75. The average molecular weight is 294 g/mol. The lowest BCUT2D eigenvalue weighted by Gasteiger charge is -2.24. The van der Waals surface area contributed by atoms with Crippen molar-refractivity contribution in [2.24, 2.45) is 5.73 Å². The summed E-state index contributed by atoms with van der Waals surface area (Å²) < 4.78 is 0. The van der Waals surface area contributed by atoms with E-state index in [1.807, 2.05) is 53.4 Å². The van der Waals surface area contributed by atoms with Crippen molar-refractivity contribution >= 4 is 5.91 Å². The van der Waals surface area contributed by atoms with Crippen molar-refractivity contribution < 1.29 is 4.79 Å². The van der Waals surface area contributed by atoms with E-state index in [9.17, 15) is 4.79 Å². The van der Waals surface area contributed by atoms with Gasteiger partial charge in [-0.1, -0.05) is 60.7 Å². The quantitative estimate of drug-likeness (QED) is 0.889. The molecule has 1 unspecified atom stereocenters. The van der Waals surface area contributed by atoms with Crippen LogP contribution in [-0.2, 0) is 11.3 Å². The van der Waals surface area contributed by atoms with Gasteiger partial charge in [0.05, 0.1) is 0 Å². The van der Waals surface area contributed by atoms with E-state index in [4.69, 9.17) is 5.73 Å². The normalized spacial score (nSPS) is 15.3. The molecule has 0 aromatic heterocycles. The molecule has 0 bridgehead atoms. The Morgan fingerprint density at radius 2 is 1.64 bits per heavy atom. The number of carbonyl (C=O) groups excluding carboxylic acids is 1. The Bertz CT molecular complexity index is 608. The molecule has 114 valence electrons. The first-order valence-electron chi connectivity index (χ1n) is 7.88. The van der Waals surface area contributed by atoms with Crippen molar-refractivity contribution in [2.75, 3.05) is 0 Å². The maximum atomic E-state index is 12.7. The molecule has 22 heavy (non-hydrogen) atoms. The lowest BCUT2D eigenvalue weighted by molar-refractivity contribution is -0.132. The largest absolute Gasteiger partial charge is 0.335 e. The number of hydrogen-bond acceptors (Lipinski definition) is 2. The van der Waals surface area contributed by atoms with Crippen LogP contribution >= 0.6 is 0 Å². The summed E-state index contributed by atoms with van der Waals surface area (Å²) in [6.45, 7) is 0.686. The maximum absolute atomic E-state index is 12.7. The van der Waals surface area contributed by atoms with Crippen LogP contribution in [0.3, 0.4) is 0 Å². The van der Waals surface area contributed by atoms with Gasteiger partial charge in [0.1, 0.15) is 0 Å². The van der Waals surface area contributed by atoms with E-state index in [-0.39, 0.29) is 11.9 Å². The fourth-order valence-electron chi connectivity index (χ4n) is 2.71. The summed E-state index contributed by atoms with van der Waals surface area (Å²) in [5.74, 6) is 0.155. The van der Waals surface area contributed by atoms with E-state index >= 15 is 0 Å². The molecule has 2 aromatic carbocycles. The van der Waals surface area contributed by atoms with Crippen LogP contribution in [0.15, 0.2) is 60.7 Å². The Morgan fingerprint density at radius 1 is 1.05 bits per heavy atom. The minimum Gasteiger partial charge on any atom is -0.335 e. The van der Waals surface area contributed by atoms with E-state index in [2.05, 4.69) is 12.1 Å². The molecule has 2 N–H and O–H groups in total. The van der Waals surface area contributed by atoms with Gasteiger partial charge in [0.2, 0.25) is 5.91 Å². The van der Waals surface area contributed by atoms with Crippen LogP contribution < -0.4 is 5.73 Å². The van der Waals surface area contributed by atoms with Crippen molar-refractivity contribution in [3.63, 3.8) is 0 Å². The van der Waals surface area contributed by atoms with E-state index in [1.165, 1.54) is 5.56 Å².